The molecule has 2 unspecified atom stereocenters. The Balaban J connectivity index is 2.55. The van der Waals surface area contributed by atoms with Crippen molar-refractivity contribution in [1.29, 1.82) is 0 Å². The summed E-state index contributed by atoms with van der Waals surface area (Å²) in [6.45, 7) is 3.52. The Labute approximate surface area is 118 Å². The van der Waals surface area contributed by atoms with E-state index < -0.39 is 18.0 Å². The number of carbonyl (C=O) groups excluding carboxylic acids is 2. The van der Waals surface area contributed by atoms with E-state index in [0.29, 0.717) is 5.75 Å². The van der Waals surface area contributed by atoms with Crippen molar-refractivity contribution in [1.82, 2.24) is 10.6 Å². The first-order chi connectivity index (χ1) is 9.42. The molecule has 1 rings (SSSR count). The Hall–Kier alpha value is -2.08. The summed E-state index contributed by atoms with van der Waals surface area (Å²) in [5, 5.41) is 4.46. The Morgan fingerprint density at radius 3 is 2.35 bits per heavy atom. The van der Waals surface area contributed by atoms with Gasteiger partial charge in [-0.1, -0.05) is 12.1 Å². The van der Waals surface area contributed by atoms with Gasteiger partial charge in [0.25, 0.3) is 5.91 Å². The predicted octanol–water partition coefficient (Wildman–Crippen LogP) is 0.799. The van der Waals surface area contributed by atoms with Crippen LogP contribution < -0.4 is 21.1 Å². The smallest absolute Gasteiger partial charge is 0.321 e. The Kier molecular flexibility index (Phi) is 5.99. The van der Waals surface area contributed by atoms with E-state index >= 15 is 0 Å². The van der Waals surface area contributed by atoms with E-state index in [1.807, 2.05) is 19.1 Å². The third-order valence-corrected chi connectivity index (χ3v) is 2.63. The fourth-order valence-electron chi connectivity index (χ4n) is 1.61. The van der Waals surface area contributed by atoms with Crippen molar-refractivity contribution in [3.8, 4) is 5.75 Å². The van der Waals surface area contributed by atoms with Crippen molar-refractivity contribution < 1.29 is 14.3 Å². The van der Waals surface area contributed by atoms with E-state index in [9.17, 15) is 9.59 Å². The van der Waals surface area contributed by atoms with Crippen molar-refractivity contribution in [3.63, 3.8) is 0 Å². The van der Waals surface area contributed by atoms with Gasteiger partial charge < -0.3 is 15.8 Å². The number of nitrogens with two attached hydrogens (primary N) is 1. The summed E-state index contributed by atoms with van der Waals surface area (Å²) in [6.07, 6.45) is 0.0269. The molecule has 2 atom stereocenters. The van der Waals surface area contributed by atoms with Crippen LogP contribution in [0, 0.1) is 0 Å². The molecular formula is C14H21N3O3. The number of carbonyl (C=O) groups is 2. The van der Waals surface area contributed by atoms with Crippen LogP contribution in [0.3, 0.4) is 0 Å². The van der Waals surface area contributed by atoms with Crippen LogP contribution in [0.1, 0.15) is 19.4 Å². The quantitative estimate of drug-likeness (QED) is 0.743. The molecule has 20 heavy (non-hydrogen) atoms. The maximum atomic E-state index is 11.6. The molecule has 0 spiro atoms. The Morgan fingerprint density at radius 2 is 1.85 bits per heavy atom. The molecule has 6 nitrogen and oxygen atoms in total. The minimum atomic E-state index is -0.758. The van der Waals surface area contributed by atoms with Crippen molar-refractivity contribution in [2.75, 3.05) is 7.05 Å². The highest BCUT2D eigenvalue weighted by Crippen LogP contribution is 2.14. The van der Waals surface area contributed by atoms with Crippen molar-refractivity contribution in [3.05, 3.63) is 29.8 Å². The third kappa shape index (κ3) is 5.27. The molecule has 1 aromatic carbocycles. The summed E-state index contributed by atoms with van der Waals surface area (Å²) >= 11 is 0. The molecule has 1 aromatic rings. The zero-order chi connectivity index (χ0) is 15.1. The maximum Gasteiger partial charge on any atom is 0.321 e. The normalized spacial score (nSPS) is 13.2. The molecule has 6 heteroatoms. The van der Waals surface area contributed by atoms with E-state index in [0.717, 1.165) is 12.0 Å². The number of ether oxygens (including phenoxy) is 1. The topological polar surface area (TPSA) is 93.5 Å². The van der Waals surface area contributed by atoms with Gasteiger partial charge in [0.2, 0.25) is 0 Å². The van der Waals surface area contributed by atoms with Gasteiger partial charge in [-0.2, -0.15) is 0 Å². The lowest BCUT2D eigenvalue weighted by Gasteiger charge is -2.14. The summed E-state index contributed by atoms with van der Waals surface area (Å²) in [7, 11) is 1.44. The number of hydrogen-bond donors (Lipinski definition) is 3. The van der Waals surface area contributed by atoms with Gasteiger partial charge >= 0.3 is 6.03 Å². The van der Waals surface area contributed by atoms with E-state index in [1.54, 1.807) is 19.1 Å². The van der Waals surface area contributed by atoms with Crippen LogP contribution in [0.2, 0.25) is 0 Å². The number of benzene rings is 1. The Morgan fingerprint density at radius 1 is 1.25 bits per heavy atom. The minimum Gasteiger partial charge on any atom is -0.481 e. The second-order valence-corrected chi connectivity index (χ2v) is 4.65. The monoisotopic (exact) mass is 279 g/mol. The first-order valence-electron chi connectivity index (χ1n) is 6.46. The predicted molar refractivity (Wildman–Crippen MR) is 76.5 cm³/mol. The van der Waals surface area contributed by atoms with Crippen molar-refractivity contribution in [2.45, 2.75) is 32.4 Å². The molecule has 0 bridgehead atoms. The molecule has 0 aliphatic rings. The number of urea groups is 1. The summed E-state index contributed by atoms with van der Waals surface area (Å²) in [4.78, 5) is 22.6. The highest BCUT2D eigenvalue weighted by atomic mass is 16.5. The van der Waals surface area contributed by atoms with Crippen molar-refractivity contribution in [2.24, 2.45) is 5.73 Å². The van der Waals surface area contributed by atoms with Crippen LogP contribution in [0.5, 0.6) is 5.75 Å². The van der Waals surface area contributed by atoms with Gasteiger partial charge in [0.05, 0.1) is 0 Å². The van der Waals surface area contributed by atoms with E-state index in [-0.39, 0.29) is 6.04 Å². The van der Waals surface area contributed by atoms with Crippen LogP contribution in [-0.2, 0) is 11.2 Å². The third-order valence-electron chi connectivity index (χ3n) is 2.63. The van der Waals surface area contributed by atoms with Gasteiger partial charge in [-0.15, -0.1) is 0 Å². The lowest BCUT2D eigenvalue weighted by Crippen LogP contribution is -2.43. The fourth-order valence-corrected chi connectivity index (χ4v) is 1.61. The van der Waals surface area contributed by atoms with Crippen molar-refractivity contribution >= 4 is 11.9 Å². The molecular weight excluding hydrogens is 258 g/mol. The second kappa shape index (κ2) is 7.49. The maximum absolute atomic E-state index is 11.6. The van der Waals surface area contributed by atoms with Gasteiger partial charge in [0.15, 0.2) is 6.10 Å². The van der Waals surface area contributed by atoms with Crippen LogP contribution in [-0.4, -0.2) is 31.1 Å². The number of hydrogen-bond acceptors (Lipinski definition) is 4. The SMILES string of the molecule is CNC(=O)NC(=O)C(C)Oc1ccc(CC(C)N)cc1. The number of nitrogens with one attached hydrogen (secondary N) is 2. The van der Waals surface area contributed by atoms with Gasteiger partial charge in [0, 0.05) is 13.1 Å². The first kappa shape index (κ1) is 16.0. The average molecular weight is 279 g/mol. The second-order valence-electron chi connectivity index (χ2n) is 4.65. The summed E-state index contributed by atoms with van der Waals surface area (Å²) in [5.41, 5.74) is 6.83. The van der Waals surface area contributed by atoms with Gasteiger partial charge in [-0.25, -0.2) is 4.79 Å². The van der Waals surface area contributed by atoms with Gasteiger partial charge in [-0.05, 0) is 38.0 Å². The molecule has 0 saturated heterocycles. The number of rotatable bonds is 5. The summed E-state index contributed by atoms with van der Waals surface area (Å²) in [5.74, 6) is 0.0713. The summed E-state index contributed by atoms with van der Waals surface area (Å²) in [6, 6.07) is 6.91. The van der Waals surface area contributed by atoms with E-state index in [4.69, 9.17) is 10.5 Å². The van der Waals surface area contributed by atoms with Crippen LogP contribution in [0.15, 0.2) is 24.3 Å². The zero-order valence-electron chi connectivity index (χ0n) is 12.0. The lowest BCUT2D eigenvalue weighted by molar-refractivity contribution is -0.126. The van der Waals surface area contributed by atoms with Gasteiger partial charge in [0.1, 0.15) is 5.75 Å². The van der Waals surface area contributed by atoms with E-state index in [1.165, 1.54) is 7.05 Å². The summed E-state index contributed by atoms with van der Waals surface area (Å²) < 4.78 is 5.46. The number of imide groups is 1. The standard InChI is InChI=1S/C14H21N3O3/c1-9(15)8-11-4-6-12(7-5-11)20-10(2)13(18)17-14(19)16-3/h4-7,9-10H,8,15H2,1-3H3,(H2,16,17,18,19). The molecule has 0 radical (unpaired) electrons. The van der Waals surface area contributed by atoms with Gasteiger partial charge in [-0.3, -0.25) is 10.1 Å². The van der Waals surface area contributed by atoms with Crippen LogP contribution >= 0.6 is 0 Å². The molecule has 0 heterocycles. The van der Waals surface area contributed by atoms with E-state index in [2.05, 4.69) is 10.6 Å². The highest BCUT2D eigenvalue weighted by molar-refractivity contribution is 5.96. The highest BCUT2D eigenvalue weighted by Gasteiger charge is 2.16. The zero-order valence-corrected chi connectivity index (χ0v) is 12.0. The molecule has 0 saturated carbocycles. The molecule has 0 aromatic heterocycles. The molecule has 0 aliphatic heterocycles. The first-order valence-corrected chi connectivity index (χ1v) is 6.46. The largest absolute Gasteiger partial charge is 0.481 e. The molecule has 0 aliphatic carbocycles. The average Bonchev–Trinajstić information content (AvgIpc) is 2.40. The van der Waals surface area contributed by atoms with Crippen LogP contribution in [0.4, 0.5) is 4.79 Å². The lowest BCUT2D eigenvalue weighted by atomic mass is 10.1. The fraction of sp³-hybridized carbons (Fsp3) is 0.429. The minimum absolute atomic E-state index is 0.0963. The molecule has 4 N–H and O–H groups in total. The Bertz CT molecular complexity index is 457. The van der Waals surface area contributed by atoms with Crippen LogP contribution in [0.25, 0.3) is 0 Å². The molecule has 0 fully saturated rings. The molecule has 3 amide bonds. The number of amides is 3. The molecule has 110 valence electrons.